The normalized spacial score (nSPS) is 11.2. The van der Waals surface area contributed by atoms with Gasteiger partial charge in [-0.05, 0) is 31.9 Å². The van der Waals surface area contributed by atoms with Gasteiger partial charge in [0.25, 0.3) is 0 Å². The van der Waals surface area contributed by atoms with Crippen molar-refractivity contribution >= 4 is 22.4 Å². The molecular weight excluding hydrogens is 220 g/mol. The summed E-state index contributed by atoms with van der Waals surface area (Å²) in [5.41, 5.74) is 4.42. The van der Waals surface area contributed by atoms with Crippen LogP contribution in [0.3, 0.4) is 0 Å². The average molecular weight is 232 g/mol. The van der Waals surface area contributed by atoms with Crippen LogP contribution in [0.4, 0.5) is 10.8 Å². The number of hydrogen-bond acceptors (Lipinski definition) is 5. The van der Waals surface area contributed by atoms with Gasteiger partial charge in [-0.1, -0.05) is 17.7 Å². The molecular formula is C11H12N4S. The molecule has 4 nitrogen and oxygen atoms in total. The van der Waals surface area contributed by atoms with Gasteiger partial charge in [0.15, 0.2) is 0 Å². The van der Waals surface area contributed by atoms with Crippen LogP contribution < -0.4 is 0 Å². The first-order chi connectivity index (χ1) is 7.66. The summed E-state index contributed by atoms with van der Waals surface area (Å²) in [6.07, 6.45) is 1.48. The molecule has 0 aliphatic rings. The molecule has 0 aliphatic carbocycles. The Labute approximate surface area is 98.3 Å². The summed E-state index contributed by atoms with van der Waals surface area (Å²) in [6, 6.07) is 4.20. The van der Waals surface area contributed by atoms with Gasteiger partial charge in [-0.25, -0.2) is 4.98 Å². The van der Waals surface area contributed by atoms with Crippen LogP contribution in [-0.2, 0) is 0 Å². The van der Waals surface area contributed by atoms with Crippen molar-refractivity contribution in [3.63, 3.8) is 0 Å². The molecule has 0 unspecified atom stereocenters. The molecule has 2 rings (SSSR count). The number of nitrogens with zero attached hydrogens (tertiary/aromatic N) is 4. The van der Waals surface area contributed by atoms with Crippen molar-refractivity contribution < 1.29 is 0 Å². The summed E-state index contributed by atoms with van der Waals surface area (Å²) in [4.78, 5) is 3.96. The lowest BCUT2D eigenvalue weighted by Gasteiger charge is -2.04. The standard InChI is InChI=1S/C11H12N4S/c1-7-4-8(2)10(9(3)5-7)14-15-11-12-6-13-16-11/h4-6H,1-3H3. The predicted octanol–water partition coefficient (Wildman–Crippen LogP) is 3.88. The fourth-order valence-corrected chi connectivity index (χ4v) is 1.99. The van der Waals surface area contributed by atoms with Crippen molar-refractivity contribution in [1.82, 2.24) is 9.36 Å². The molecule has 82 valence electrons. The number of hydrogen-bond donors (Lipinski definition) is 0. The van der Waals surface area contributed by atoms with Gasteiger partial charge in [-0.2, -0.15) is 4.37 Å². The van der Waals surface area contributed by atoms with E-state index in [4.69, 9.17) is 0 Å². The van der Waals surface area contributed by atoms with Crippen LogP contribution in [0.1, 0.15) is 16.7 Å². The van der Waals surface area contributed by atoms with Gasteiger partial charge in [-0.3, -0.25) is 0 Å². The van der Waals surface area contributed by atoms with Gasteiger partial charge in [0.05, 0.1) is 5.69 Å². The van der Waals surface area contributed by atoms with Crippen molar-refractivity contribution in [2.75, 3.05) is 0 Å². The summed E-state index contributed by atoms with van der Waals surface area (Å²) in [7, 11) is 0. The van der Waals surface area contributed by atoms with E-state index in [2.05, 4.69) is 38.6 Å². The fourth-order valence-electron chi connectivity index (χ4n) is 1.63. The molecule has 0 bridgehead atoms. The summed E-state index contributed by atoms with van der Waals surface area (Å²) in [5, 5.41) is 8.86. The van der Waals surface area contributed by atoms with E-state index in [-0.39, 0.29) is 0 Å². The summed E-state index contributed by atoms with van der Waals surface area (Å²) < 4.78 is 3.87. The van der Waals surface area contributed by atoms with Gasteiger partial charge in [0.1, 0.15) is 6.33 Å². The molecule has 1 aromatic carbocycles. The molecule has 0 amide bonds. The molecule has 0 N–H and O–H groups in total. The second-order valence-corrected chi connectivity index (χ2v) is 4.43. The van der Waals surface area contributed by atoms with E-state index in [0.717, 1.165) is 16.8 Å². The van der Waals surface area contributed by atoms with Crippen molar-refractivity contribution in [3.8, 4) is 0 Å². The summed E-state index contributed by atoms with van der Waals surface area (Å²) in [6.45, 7) is 6.15. The topological polar surface area (TPSA) is 50.5 Å². The molecule has 16 heavy (non-hydrogen) atoms. The predicted molar refractivity (Wildman–Crippen MR) is 64.7 cm³/mol. The number of azo groups is 1. The molecule has 2 aromatic rings. The average Bonchev–Trinajstić information content (AvgIpc) is 2.68. The lowest BCUT2D eigenvalue weighted by Crippen LogP contribution is -1.82. The number of benzene rings is 1. The first-order valence-corrected chi connectivity index (χ1v) is 5.70. The third-order valence-electron chi connectivity index (χ3n) is 2.22. The monoisotopic (exact) mass is 232 g/mol. The van der Waals surface area contributed by atoms with Crippen LogP contribution in [-0.4, -0.2) is 9.36 Å². The molecule has 0 spiro atoms. The largest absolute Gasteiger partial charge is 0.249 e. The van der Waals surface area contributed by atoms with Gasteiger partial charge in [-0.15, -0.1) is 10.2 Å². The minimum Gasteiger partial charge on any atom is -0.204 e. The Morgan fingerprint density at radius 2 is 1.75 bits per heavy atom. The Balaban J connectivity index is 2.35. The Kier molecular flexibility index (Phi) is 3.05. The summed E-state index contributed by atoms with van der Waals surface area (Å²) >= 11 is 1.24. The van der Waals surface area contributed by atoms with Crippen molar-refractivity contribution in [3.05, 3.63) is 35.2 Å². The van der Waals surface area contributed by atoms with Crippen molar-refractivity contribution in [1.29, 1.82) is 0 Å². The molecule has 0 saturated heterocycles. The van der Waals surface area contributed by atoms with Crippen LogP contribution >= 0.6 is 11.5 Å². The molecule has 0 atom stereocenters. The number of aromatic nitrogens is 2. The molecule has 0 radical (unpaired) electrons. The Morgan fingerprint density at radius 1 is 1.06 bits per heavy atom. The van der Waals surface area contributed by atoms with E-state index in [1.165, 1.54) is 23.4 Å². The van der Waals surface area contributed by atoms with E-state index in [1.807, 2.05) is 13.8 Å². The molecule has 5 heteroatoms. The highest BCUT2D eigenvalue weighted by Crippen LogP contribution is 2.27. The number of aryl methyl sites for hydroxylation is 3. The van der Waals surface area contributed by atoms with E-state index in [9.17, 15) is 0 Å². The molecule has 1 aromatic heterocycles. The molecule has 0 fully saturated rings. The quantitative estimate of drug-likeness (QED) is 0.738. The highest BCUT2D eigenvalue weighted by molar-refractivity contribution is 7.09. The van der Waals surface area contributed by atoms with E-state index < -0.39 is 0 Å². The van der Waals surface area contributed by atoms with E-state index >= 15 is 0 Å². The molecule has 0 aliphatic heterocycles. The van der Waals surface area contributed by atoms with Crippen LogP contribution in [0.15, 0.2) is 28.7 Å². The first kappa shape index (κ1) is 10.9. The maximum Gasteiger partial charge on any atom is 0.249 e. The Bertz CT molecular complexity index is 494. The van der Waals surface area contributed by atoms with Crippen molar-refractivity contribution in [2.45, 2.75) is 20.8 Å². The van der Waals surface area contributed by atoms with Crippen LogP contribution in [0.25, 0.3) is 0 Å². The van der Waals surface area contributed by atoms with Crippen LogP contribution in [0.2, 0.25) is 0 Å². The van der Waals surface area contributed by atoms with Gasteiger partial charge < -0.3 is 0 Å². The smallest absolute Gasteiger partial charge is 0.204 e. The molecule has 1 heterocycles. The lowest BCUT2D eigenvalue weighted by atomic mass is 10.1. The zero-order chi connectivity index (χ0) is 11.5. The minimum atomic E-state index is 0.583. The zero-order valence-corrected chi connectivity index (χ0v) is 10.2. The second-order valence-electron chi connectivity index (χ2n) is 3.67. The van der Waals surface area contributed by atoms with Gasteiger partial charge in [0, 0.05) is 11.5 Å². The maximum atomic E-state index is 4.22. The maximum absolute atomic E-state index is 4.22. The van der Waals surface area contributed by atoms with E-state index in [1.54, 1.807) is 0 Å². The highest BCUT2D eigenvalue weighted by atomic mass is 32.1. The SMILES string of the molecule is Cc1cc(C)c(N=Nc2ncns2)c(C)c1. The van der Waals surface area contributed by atoms with Crippen LogP contribution in [0.5, 0.6) is 0 Å². The third-order valence-corrected chi connectivity index (χ3v) is 2.77. The van der Waals surface area contributed by atoms with Crippen molar-refractivity contribution in [2.24, 2.45) is 10.2 Å². The lowest BCUT2D eigenvalue weighted by molar-refractivity contribution is 1.15. The highest BCUT2D eigenvalue weighted by Gasteiger charge is 2.02. The summed E-state index contributed by atoms with van der Waals surface area (Å²) in [5.74, 6) is 0. The van der Waals surface area contributed by atoms with Crippen LogP contribution in [0, 0.1) is 20.8 Å². The zero-order valence-electron chi connectivity index (χ0n) is 9.43. The number of rotatable bonds is 2. The van der Waals surface area contributed by atoms with E-state index in [0.29, 0.717) is 5.13 Å². The minimum absolute atomic E-state index is 0.583. The third kappa shape index (κ3) is 2.30. The van der Waals surface area contributed by atoms with Gasteiger partial charge >= 0.3 is 0 Å². The second kappa shape index (κ2) is 4.49. The Hall–Kier alpha value is -1.62. The Morgan fingerprint density at radius 3 is 2.31 bits per heavy atom. The molecule has 0 saturated carbocycles. The van der Waals surface area contributed by atoms with Gasteiger partial charge in [0.2, 0.25) is 5.13 Å². The first-order valence-electron chi connectivity index (χ1n) is 4.93. The fraction of sp³-hybridized carbons (Fsp3) is 0.273.